The lowest BCUT2D eigenvalue weighted by atomic mass is 10.1. The maximum Gasteiger partial charge on any atom is 0.303 e. The van der Waals surface area contributed by atoms with Crippen LogP contribution in [0.3, 0.4) is 0 Å². The largest absolute Gasteiger partial charge is 0.481 e. The van der Waals surface area contributed by atoms with Gasteiger partial charge < -0.3 is 10.4 Å². The second-order valence-electron chi connectivity index (χ2n) is 6.21. The standard InChI is InChI=1S/C19H24N2O5S/c22-18(20-12-5-1-2-8-19(23)24)11-13-21-27(25,26)17-10-9-15-6-3-4-7-16(15)14-17/h3-4,6-7,9-10,14,21H,1-2,5,8,11-13H2,(H,20,22)(H,23,24). The fourth-order valence-electron chi connectivity index (χ4n) is 2.61. The van der Waals surface area contributed by atoms with E-state index in [2.05, 4.69) is 10.0 Å². The van der Waals surface area contributed by atoms with Crippen LogP contribution < -0.4 is 10.0 Å². The molecule has 3 N–H and O–H groups in total. The lowest BCUT2D eigenvalue weighted by Crippen LogP contribution is -2.31. The Morgan fingerprint density at radius 2 is 1.63 bits per heavy atom. The topological polar surface area (TPSA) is 113 Å². The van der Waals surface area contributed by atoms with Crippen LogP contribution >= 0.6 is 0 Å². The van der Waals surface area contributed by atoms with Crippen molar-refractivity contribution in [1.82, 2.24) is 10.0 Å². The molecule has 0 fully saturated rings. The summed E-state index contributed by atoms with van der Waals surface area (Å²) in [7, 11) is -3.67. The summed E-state index contributed by atoms with van der Waals surface area (Å²) in [5.74, 6) is -1.06. The zero-order valence-electron chi connectivity index (χ0n) is 15.0. The molecule has 0 spiro atoms. The SMILES string of the molecule is O=C(O)CCCCCNC(=O)CCNS(=O)(=O)c1ccc2ccccc2c1. The van der Waals surface area contributed by atoms with Gasteiger partial charge in [0.15, 0.2) is 0 Å². The summed E-state index contributed by atoms with van der Waals surface area (Å²) in [6.45, 7) is 0.468. The minimum atomic E-state index is -3.67. The van der Waals surface area contributed by atoms with Gasteiger partial charge in [-0.1, -0.05) is 36.8 Å². The number of sulfonamides is 1. The zero-order valence-corrected chi connectivity index (χ0v) is 15.8. The quantitative estimate of drug-likeness (QED) is 0.508. The summed E-state index contributed by atoms with van der Waals surface area (Å²) in [6, 6.07) is 12.4. The Kier molecular flexibility index (Phi) is 7.75. The molecule has 0 atom stereocenters. The highest BCUT2D eigenvalue weighted by atomic mass is 32.2. The fraction of sp³-hybridized carbons (Fsp3) is 0.368. The number of hydrogen-bond donors (Lipinski definition) is 3. The molecule has 2 aromatic carbocycles. The molecule has 0 aliphatic rings. The fourth-order valence-corrected chi connectivity index (χ4v) is 3.68. The number of carbonyl (C=O) groups excluding carboxylic acids is 1. The summed E-state index contributed by atoms with van der Waals surface area (Å²) in [6.07, 6.45) is 2.17. The van der Waals surface area contributed by atoms with Crippen molar-refractivity contribution in [3.8, 4) is 0 Å². The molecule has 0 heterocycles. The van der Waals surface area contributed by atoms with Gasteiger partial charge in [0.25, 0.3) is 0 Å². The van der Waals surface area contributed by atoms with E-state index in [9.17, 15) is 18.0 Å². The Hall–Kier alpha value is -2.45. The molecular weight excluding hydrogens is 368 g/mol. The number of carboxylic acids is 1. The second kappa shape index (κ2) is 10.0. The predicted octanol–water partition coefficient (Wildman–Crippen LogP) is 2.27. The Morgan fingerprint density at radius 1 is 0.889 bits per heavy atom. The van der Waals surface area contributed by atoms with Gasteiger partial charge in [-0.3, -0.25) is 9.59 Å². The van der Waals surface area contributed by atoms with Crippen LogP contribution in [0.2, 0.25) is 0 Å². The highest BCUT2D eigenvalue weighted by molar-refractivity contribution is 7.89. The highest BCUT2D eigenvalue weighted by Gasteiger charge is 2.14. The van der Waals surface area contributed by atoms with Gasteiger partial charge in [0.05, 0.1) is 4.90 Å². The predicted molar refractivity (Wildman–Crippen MR) is 103 cm³/mol. The van der Waals surface area contributed by atoms with Crippen LogP contribution in [0.15, 0.2) is 47.4 Å². The number of fused-ring (bicyclic) bond motifs is 1. The van der Waals surface area contributed by atoms with Crippen molar-refractivity contribution in [2.24, 2.45) is 0 Å². The normalized spacial score (nSPS) is 11.4. The van der Waals surface area contributed by atoms with Gasteiger partial charge in [-0.15, -0.1) is 0 Å². The molecule has 1 amide bonds. The van der Waals surface area contributed by atoms with Crippen molar-refractivity contribution in [2.75, 3.05) is 13.1 Å². The van der Waals surface area contributed by atoms with E-state index in [0.29, 0.717) is 19.4 Å². The number of unbranched alkanes of at least 4 members (excludes halogenated alkanes) is 2. The summed E-state index contributed by atoms with van der Waals surface area (Å²) >= 11 is 0. The number of hydrogen-bond acceptors (Lipinski definition) is 4. The first-order valence-electron chi connectivity index (χ1n) is 8.85. The van der Waals surface area contributed by atoms with Crippen molar-refractivity contribution in [3.05, 3.63) is 42.5 Å². The average Bonchev–Trinajstić information content (AvgIpc) is 2.63. The minimum absolute atomic E-state index is 0.0139. The van der Waals surface area contributed by atoms with E-state index in [1.807, 2.05) is 24.3 Å². The number of carbonyl (C=O) groups is 2. The van der Waals surface area contributed by atoms with Crippen LogP contribution in [0.25, 0.3) is 10.8 Å². The van der Waals surface area contributed by atoms with Gasteiger partial charge in [-0.25, -0.2) is 13.1 Å². The molecule has 8 heteroatoms. The molecular formula is C19H24N2O5S. The van der Waals surface area contributed by atoms with E-state index < -0.39 is 16.0 Å². The Bertz CT molecular complexity index is 896. The van der Waals surface area contributed by atoms with Gasteiger partial charge in [0, 0.05) is 25.9 Å². The zero-order chi connectivity index (χ0) is 19.7. The third-order valence-electron chi connectivity index (χ3n) is 4.06. The summed E-state index contributed by atoms with van der Waals surface area (Å²) < 4.78 is 27.1. The molecule has 0 aromatic heterocycles. The van der Waals surface area contributed by atoms with Crippen molar-refractivity contribution in [3.63, 3.8) is 0 Å². The number of aliphatic carboxylic acids is 1. The number of nitrogens with one attached hydrogen (secondary N) is 2. The van der Waals surface area contributed by atoms with Gasteiger partial charge in [0.1, 0.15) is 0 Å². The van der Waals surface area contributed by atoms with Gasteiger partial charge >= 0.3 is 5.97 Å². The third-order valence-corrected chi connectivity index (χ3v) is 5.52. The summed E-state index contributed by atoms with van der Waals surface area (Å²) in [5, 5.41) is 13.0. The highest BCUT2D eigenvalue weighted by Crippen LogP contribution is 2.18. The number of rotatable bonds is 11. The van der Waals surface area contributed by atoms with Crippen LogP contribution in [-0.4, -0.2) is 38.5 Å². The molecule has 27 heavy (non-hydrogen) atoms. The lowest BCUT2D eigenvalue weighted by molar-refractivity contribution is -0.137. The van der Waals surface area contributed by atoms with E-state index in [1.165, 1.54) is 0 Å². The van der Waals surface area contributed by atoms with Crippen molar-refractivity contribution in [2.45, 2.75) is 37.0 Å². The molecule has 2 aromatic rings. The molecule has 0 saturated heterocycles. The molecule has 146 valence electrons. The monoisotopic (exact) mass is 392 g/mol. The van der Waals surface area contributed by atoms with Gasteiger partial charge in [-0.05, 0) is 35.7 Å². The molecule has 0 aliphatic heterocycles. The van der Waals surface area contributed by atoms with Crippen molar-refractivity contribution in [1.29, 1.82) is 0 Å². The Labute approximate surface area is 158 Å². The number of benzene rings is 2. The summed E-state index contributed by atoms with van der Waals surface area (Å²) in [5.41, 5.74) is 0. The Morgan fingerprint density at radius 3 is 2.37 bits per heavy atom. The first kappa shape index (κ1) is 20.9. The third kappa shape index (κ3) is 6.99. The van der Waals surface area contributed by atoms with Crippen LogP contribution in [0, 0.1) is 0 Å². The molecule has 0 saturated carbocycles. The van der Waals surface area contributed by atoms with Gasteiger partial charge in [-0.2, -0.15) is 0 Å². The lowest BCUT2D eigenvalue weighted by Gasteiger charge is -2.08. The van der Waals surface area contributed by atoms with Crippen LogP contribution in [-0.2, 0) is 19.6 Å². The first-order valence-corrected chi connectivity index (χ1v) is 10.3. The summed E-state index contributed by atoms with van der Waals surface area (Å²) in [4.78, 5) is 22.3. The molecule has 0 radical (unpaired) electrons. The Balaban J connectivity index is 1.73. The molecule has 0 bridgehead atoms. The van der Waals surface area contributed by atoms with Crippen LogP contribution in [0.5, 0.6) is 0 Å². The van der Waals surface area contributed by atoms with E-state index in [0.717, 1.165) is 17.2 Å². The first-order chi connectivity index (χ1) is 12.9. The smallest absolute Gasteiger partial charge is 0.303 e. The van der Waals surface area contributed by atoms with E-state index in [4.69, 9.17) is 5.11 Å². The molecule has 0 unspecified atom stereocenters. The van der Waals surface area contributed by atoms with E-state index >= 15 is 0 Å². The van der Waals surface area contributed by atoms with E-state index in [1.54, 1.807) is 18.2 Å². The maximum absolute atomic E-state index is 12.4. The maximum atomic E-state index is 12.4. The number of carboxylic acid groups (broad SMARTS) is 1. The van der Waals surface area contributed by atoms with Crippen LogP contribution in [0.1, 0.15) is 32.1 Å². The molecule has 0 aliphatic carbocycles. The minimum Gasteiger partial charge on any atom is -0.481 e. The average molecular weight is 392 g/mol. The van der Waals surface area contributed by atoms with Gasteiger partial charge in [0.2, 0.25) is 15.9 Å². The molecule has 7 nitrogen and oxygen atoms in total. The number of amides is 1. The van der Waals surface area contributed by atoms with E-state index in [-0.39, 0.29) is 30.2 Å². The second-order valence-corrected chi connectivity index (χ2v) is 7.98. The molecule has 2 rings (SSSR count). The van der Waals surface area contributed by atoms with Crippen LogP contribution in [0.4, 0.5) is 0 Å². The van der Waals surface area contributed by atoms with Crippen molar-refractivity contribution < 1.29 is 23.1 Å². The van der Waals surface area contributed by atoms with Crippen molar-refractivity contribution >= 4 is 32.7 Å².